The summed E-state index contributed by atoms with van der Waals surface area (Å²) in [5, 5.41) is 9.06. The van der Waals surface area contributed by atoms with Gasteiger partial charge in [0.2, 0.25) is 0 Å². The van der Waals surface area contributed by atoms with Gasteiger partial charge in [-0.1, -0.05) is 30.3 Å². The Labute approximate surface area is 109 Å². The number of carbonyl (C=O) groups is 1. The summed E-state index contributed by atoms with van der Waals surface area (Å²) in [6, 6.07) is 9.99. The van der Waals surface area contributed by atoms with Crippen LogP contribution in [-0.4, -0.2) is 23.6 Å². The first-order valence-electron chi connectivity index (χ1n) is 6.50. The number of ether oxygens (including phenoxy) is 1. The number of benzene rings is 1. The number of Topliss-reactive ketones (excluding diaryl/α,β-unsaturated/α-hetero) is 1. The van der Waals surface area contributed by atoms with Crippen LogP contribution in [-0.2, 0) is 16.1 Å². The Bertz CT molecular complexity index is 333. The zero-order valence-electron chi connectivity index (χ0n) is 11.0. The van der Waals surface area contributed by atoms with Crippen molar-refractivity contribution in [3.63, 3.8) is 0 Å². The molecule has 0 aromatic heterocycles. The van der Waals surface area contributed by atoms with Crippen molar-refractivity contribution in [1.82, 2.24) is 0 Å². The molecule has 0 amide bonds. The zero-order chi connectivity index (χ0) is 13.2. The van der Waals surface area contributed by atoms with E-state index in [-0.39, 0.29) is 11.9 Å². The highest BCUT2D eigenvalue weighted by molar-refractivity contribution is 5.78. The molecule has 1 aromatic carbocycles. The van der Waals surface area contributed by atoms with Crippen LogP contribution in [0.15, 0.2) is 30.3 Å². The van der Waals surface area contributed by atoms with E-state index in [2.05, 4.69) is 0 Å². The van der Waals surface area contributed by atoms with Crippen molar-refractivity contribution >= 4 is 5.78 Å². The van der Waals surface area contributed by atoms with Gasteiger partial charge in [-0.2, -0.15) is 0 Å². The first-order valence-corrected chi connectivity index (χ1v) is 6.50. The normalized spacial score (nSPS) is 12.3. The summed E-state index contributed by atoms with van der Waals surface area (Å²) < 4.78 is 5.49. The van der Waals surface area contributed by atoms with Crippen molar-refractivity contribution in [2.75, 3.05) is 6.61 Å². The molecule has 3 nitrogen and oxygen atoms in total. The predicted octanol–water partition coefficient (Wildman–Crippen LogP) is 2.71. The van der Waals surface area contributed by atoms with Gasteiger partial charge in [-0.3, -0.25) is 4.79 Å². The van der Waals surface area contributed by atoms with E-state index in [9.17, 15) is 4.79 Å². The van der Waals surface area contributed by atoms with E-state index in [0.29, 0.717) is 32.5 Å². The quantitative estimate of drug-likeness (QED) is 0.685. The Kier molecular flexibility index (Phi) is 7.30. The first-order chi connectivity index (χ1) is 8.68. The van der Waals surface area contributed by atoms with E-state index >= 15 is 0 Å². The molecular formula is C15H22O3. The van der Waals surface area contributed by atoms with E-state index in [0.717, 1.165) is 12.0 Å². The average Bonchev–Trinajstić information content (AvgIpc) is 2.37. The van der Waals surface area contributed by atoms with Crippen LogP contribution in [0.3, 0.4) is 0 Å². The molecule has 0 unspecified atom stereocenters. The van der Waals surface area contributed by atoms with E-state index in [1.807, 2.05) is 30.3 Å². The lowest BCUT2D eigenvalue weighted by Gasteiger charge is -2.05. The van der Waals surface area contributed by atoms with Crippen LogP contribution >= 0.6 is 0 Å². The molecular weight excluding hydrogens is 228 g/mol. The van der Waals surface area contributed by atoms with Gasteiger partial charge in [-0.05, 0) is 25.3 Å². The van der Waals surface area contributed by atoms with Crippen molar-refractivity contribution in [2.24, 2.45) is 0 Å². The van der Waals surface area contributed by atoms with Crippen molar-refractivity contribution in [3.05, 3.63) is 35.9 Å². The third-order valence-electron chi connectivity index (χ3n) is 2.70. The Morgan fingerprint density at radius 2 is 2.00 bits per heavy atom. The molecule has 0 bridgehead atoms. The lowest BCUT2D eigenvalue weighted by Crippen LogP contribution is -2.06. The van der Waals surface area contributed by atoms with Gasteiger partial charge >= 0.3 is 0 Å². The van der Waals surface area contributed by atoms with Gasteiger partial charge in [-0.25, -0.2) is 0 Å². The molecule has 0 saturated carbocycles. The van der Waals surface area contributed by atoms with Gasteiger partial charge in [0.05, 0.1) is 12.7 Å². The SMILES string of the molecule is C[C@@H](O)CCC(=O)CCCOCc1ccccc1. The van der Waals surface area contributed by atoms with Crippen molar-refractivity contribution in [2.45, 2.75) is 45.3 Å². The number of carbonyl (C=O) groups excluding carboxylic acids is 1. The molecule has 0 saturated heterocycles. The van der Waals surface area contributed by atoms with Gasteiger partial charge in [-0.15, -0.1) is 0 Å². The van der Waals surface area contributed by atoms with Crippen LogP contribution in [0.4, 0.5) is 0 Å². The van der Waals surface area contributed by atoms with Crippen molar-refractivity contribution < 1.29 is 14.6 Å². The Balaban J connectivity index is 2.00. The third-order valence-corrected chi connectivity index (χ3v) is 2.70. The summed E-state index contributed by atoms with van der Waals surface area (Å²) in [6.07, 6.45) is 1.94. The van der Waals surface area contributed by atoms with Crippen LogP contribution in [0.25, 0.3) is 0 Å². The minimum atomic E-state index is -0.386. The summed E-state index contributed by atoms with van der Waals surface area (Å²) in [6.45, 7) is 2.91. The van der Waals surface area contributed by atoms with Crippen LogP contribution in [0, 0.1) is 0 Å². The molecule has 1 N–H and O–H groups in total. The molecule has 1 aromatic rings. The monoisotopic (exact) mass is 250 g/mol. The zero-order valence-corrected chi connectivity index (χ0v) is 11.0. The van der Waals surface area contributed by atoms with Crippen molar-refractivity contribution in [1.29, 1.82) is 0 Å². The molecule has 0 aliphatic rings. The highest BCUT2D eigenvalue weighted by Crippen LogP contribution is 2.04. The van der Waals surface area contributed by atoms with Gasteiger partial charge in [0, 0.05) is 19.4 Å². The van der Waals surface area contributed by atoms with Crippen molar-refractivity contribution in [3.8, 4) is 0 Å². The summed E-state index contributed by atoms with van der Waals surface area (Å²) in [4.78, 5) is 11.4. The minimum absolute atomic E-state index is 0.208. The Morgan fingerprint density at radius 1 is 1.28 bits per heavy atom. The summed E-state index contributed by atoms with van der Waals surface area (Å²) >= 11 is 0. The standard InChI is InChI=1S/C15H22O3/c1-13(16)9-10-15(17)8-5-11-18-12-14-6-3-2-4-7-14/h2-4,6-7,13,16H,5,8-12H2,1H3/t13-/m1/s1. The van der Waals surface area contributed by atoms with E-state index in [4.69, 9.17) is 9.84 Å². The number of ketones is 1. The second kappa shape index (κ2) is 8.84. The minimum Gasteiger partial charge on any atom is -0.393 e. The number of aliphatic hydroxyl groups excluding tert-OH is 1. The number of rotatable bonds is 9. The smallest absolute Gasteiger partial charge is 0.133 e. The molecule has 100 valence electrons. The fourth-order valence-electron chi connectivity index (χ4n) is 1.63. The largest absolute Gasteiger partial charge is 0.393 e. The predicted molar refractivity (Wildman–Crippen MR) is 71.3 cm³/mol. The summed E-state index contributed by atoms with van der Waals surface area (Å²) in [5.74, 6) is 0.208. The number of aliphatic hydroxyl groups is 1. The molecule has 0 heterocycles. The second-order valence-corrected chi connectivity index (χ2v) is 4.57. The fourth-order valence-corrected chi connectivity index (χ4v) is 1.63. The third kappa shape index (κ3) is 7.20. The molecule has 0 spiro atoms. The lowest BCUT2D eigenvalue weighted by molar-refractivity contribution is -0.119. The van der Waals surface area contributed by atoms with Gasteiger partial charge in [0.15, 0.2) is 0 Å². The molecule has 0 radical (unpaired) electrons. The maximum absolute atomic E-state index is 11.4. The maximum atomic E-state index is 11.4. The van der Waals surface area contributed by atoms with Crippen LogP contribution in [0.5, 0.6) is 0 Å². The van der Waals surface area contributed by atoms with Gasteiger partial charge < -0.3 is 9.84 Å². The molecule has 1 rings (SSSR count). The van der Waals surface area contributed by atoms with E-state index in [1.54, 1.807) is 6.92 Å². The second-order valence-electron chi connectivity index (χ2n) is 4.57. The molecule has 1 atom stereocenters. The molecule has 18 heavy (non-hydrogen) atoms. The van der Waals surface area contributed by atoms with Crippen LogP contribution < -0.4 is 0 Å². The highest BCUT2D eigenvalue weighted by atomic mass is 16.5. The molecule has 0 aliphatic carbocycles. The topological polar surface area (TPSA) is 46.5 Å². The lowest BCUT2D eigenvalue weighted by atomic mass is 10.1. The Morgan fingerprint density at radius 3 is 2.67 bits per heavy atom. The maximum Gasteiger partial charge on any atom is 0.133 e. The van der Waals surface area contributed by atoms with E-state index in [1.165, 1.54) is 0 Å². The molecule has 0 aliphatic heterocycles. The van der Waals surface area contributed by atoms with Crippen LogP contribution in [0.1, 0.15) is 38.2 Å². The summed E-state index contributed by atoms with van der Waals surface area (Å²) in [5.41, 5.74) is 1.15. The fraction of sp³-hybridized carbons (Fsp3) is 0.533. The average molecular weight is 250 g/mol. The molecule has 0 fully saturated rings. The van der Waals surface area contributed by atoms with Gasteiger partial charge in [0.1, 0.15) is 5.78 Å². The highest BCUT2D eigenvalue weighted by Gasteiger charge is 2.04. The van der Waals surface area contributed by atoms with E-state index < -0.39 is 0 Å². The molecule has 3 heteroatoms. The Hall–Kier alpha value is -1.19. The first kappa shape index (κ1) is 14.9. The van der Waals surface area contributed by atoms with Crippen LogP contribution in [0.2, 0.25) is 0 Å². The van der Waals surface area contributed by atoms with Gasteiger partial charge in [0.25, 0.3) is 0 Å². The number of hydrogen-bond acceptors (Lipinski definition) is 3. The summed E-state index contributed by atoms with van der Waals surface area (Å²) in [7, 11) is 0. The number of hydrogen-bond donors (Lipinski definition) is 1.